The van der Waals surface area contributed by atoms with Gasteiger partial charge in [-0.05, 0) is 185 Å². The number of methoxy groups -OCH3 is 1. The second kappa shape index (κ2) is 17.0. The predicted octanol–water partition coefficient (Wildman–Crippen LogP) is 19.7. The van der Waals surface area contributed by atoms with Crippen molar-refractivity contribution in [1.29, 1.82) is 0 Å². The Morgan fingerprint density at radius 1 is 0.208 bits per heavy atom. The largest absolute Gasteiger partial charge is 0.497 e. The van der Waals surface area contributed by atoms with Gasteiger partial charge in [-0.25, -0.2) is 0 Å². The second-order valence-corrected chi connectivity index (χ2v) is 19.2. The number of hydrogen-bond donors (Lipinski definition) is 0. The molecule has 72 heavy (non-hydrogen) atoms. The van der Waals surface area contributed by atoms with E-state index in [1.165, 1.54) is 137 Å². The van der Waals surface area contributed by atoms with Crippen LogP contribution >= 0.6 is 0 Å². The molecule has 0 amide bonds. The van der Waals surface area contributed by atoms with Crippen LogP contribution in [0.15, 0.2) is 261 Å². The topological polar surface area (TPSA) is 9.23 Å². The molecule has 0 aromatic heterocycles. The summed E-state index contributed by atoms with van der Waals surface area (Å²) in [6.07, 6.45) is 0. The maximum absolute atomic E-state index is 5.66. The first-order valence-corrected chi connectivity index (χ1v) is 24.8. The SMILES string of the molecule is COc1ccc(-c2cc(-c3ccc(-c4ccc5ccccc5c4)cc3)c3ccc4c(-c5ccc(-c6ccc7ccccc7c6)cc5)cc(-c5ccc(-c6ccc7ccccc7c6)cc5)c5ccc2c3c54)cc1. The highest BCUT2D eigenvalue weighted by Crippen LogP contribution is 2.49. The molecular weight excluding hydrogens is 869 g/mol. The molecule has 0 radical (unpaired) electrons. The number of fused-ring (bicyclic) bond motifs is 3. The van der Waals surface area contributed by atoms with Gasteiger partial charge < -0.3 is 4.74 Å². The zero-order valence-corrected chi connectivity index (χ0v) is 39.7. The molecule has 0 aliphatic heterocycles. The minimum Gasteiger partial charge on any atom is -0.497 e. The van der Waals surface area contributed by atoms with Gasteiger partial charge in [-0.2, -0.15) is 0 Å². The molecule has 0 atom stereocenters. The van der Waals surface area contributed by atoms with E-state index in [0.29, 0.717) is 0 Å². The van der Waals surface area contributed by atoms with Gasteiger partial charge in [-0.1, -0.05) is 218 Å². The smallest absolute Gasteiger partial charge is 0.118 e. The maximum Gasteiger partial charge on any atom is 0.118 e. The Labute approximate surface area is 418 Å². The molecule has 0 unspecified atom stereocenters. The van der Waals surface area contributed by atoms with Crippen LogP contribution in [0.2, 0.25) is 0 Å². The third-order valence-corrected chi connectivity index (χ3v) is 15.1. The first-order valence-electron chi connectivity index (χ1n) is 24.8. The van der Waals surface area contributed by atoms with E-state index in [1.54, 1.807) is 7.11 Å². The number of ether oxygens (including phenoxy) is 1. The van der Waals surface area contributed by atoms with E-state index in [0.717, 1.165) is 11.3 Å². The molecule has 0 saturated carbocycles. The average molecular weight is 915 g/mol. The Kier molecular flexibility index (Phi) is 9.82. The Bertz CT molecular complexity index is 4230. The molecule has 0 heterocycles. The van der Waals surface area contributed by atoms with Gasteiger partial charge in [0.1, 0.15) is 5.75 Å². The van der Waals surface area contributed by atoms with Gasteiger partial charge >= 0.3 is 0 Å². The van der Waals surface area contributed by atoms with Crippen molar-refractivity contribution in [2.24, 2.45) is 0 Å². The maximum atomic E-state index is 5.66. The Hall–Kier alpha value is -9.30. The third kappa shape index (κ3) is 7.09. The van der Waals surface area contributed by atoms with E-state index in [9.17, 15) is 0 Å². The summed E-state index contributed by atoms with van der Waals surface area (Å²) in [5.74, 6) is 0.841. The Morgan fingerprint density at radius 3 is 0.750 bits per heavy atom. The lowest BCUT2D eigenvalue weighted by Crippen LogP contribution is -1.94. The summed E-state index contributed by atoms with van der Waals surface area (Å²) in [4.78, 5) is 0. The summed E-state index contributed by atoms with van der Waals surface area (Å²) in [6, 6.07) is 96.5. The van der Waals surface area contributed by atoms with Gasteiger partial charge in [0, 0.05) is 0 Å². The van der Waals surface area contributed by atoms with E-state index in [1.807, 2.05) is 0 Å². The fourth-order valence-corrected chi connectivity index (χ4v) is 11.4. The molecule has 14 aromatic rings. The Balaban J connectivity index is 0.981. The molecule has 0 aliphatic rings. The van der Waals surface area contributed by atoms with Crippen molar-refractivity contribution in [2.45, 2.75) is 0 Å². The number of rotatable bonds is 8. The number of benzene rings is 14. The molecule has 1 nitrogen and oxygen atoms in total. The fourth-order valence-electron chi connectivity index (χ4n) is 11.4. The van der Waals surface area contributed by atoms with Crippen LogP contribution in [-0.2, 0) is 0 Å². The summed E-state index contributed by atoms with van der Waals surface area (Å²) in [5, 5.41) is 15.0. The van der Waals surface area contributed by atoms with Gasteiger partial charge in [0.25, 0.3) is 0 Å². The molecule has 0 N–H and O–H groups in total. The van der Waals surface area contributed by atoms with E-state index in [4.69, 9.17) is 4.74 Å². The fraction of sp³-hybridized carbons (Fsp3) is 0.0141. The van der Waals surface area contributed by atoms with Crippen molar-refractivity contribution in [3.05, 3.63) is 261 Å². The lowest BCUT2D eigenvalue weighted by atomic mass is 9.81. The van der Waals surface area contributed by atoms with Gasteiger partial charge in [-0.3, -0.25) is 0 Å². The van der Waals surface area contributed by atoms with Gasteiger partial charge in [0.15, 0.2) is 0 Å². The molecule has 1 heteroatoms. The van der Waals surface area contributed by atoms with Crippen molar-refractivity contribution in [2.75, 3.05) is 7.11 Å². The molecule has 336 valence electrons. The predicted molar refractivity (Wildman–Crippen MR) is 307 cm³/mol. The van der Waals surface area contributed by atoms with E-state index < -0.39 is 0 Å². The van der Waals surface area contributed by atoms with Crippen LogP contribution in [0.25, 0.3) is 143 Å². The minimum absolute atomic E-state index is 0.841. The van der Waals surface area contributed by atoms with Crippen molar-refractivity contribution in [3.8, 4) is 83.6 Å². The van der Waals surface area contributed by atoms with Crippen molar-refractivity contribution >= 4 is 64.6 Å². The van der Waals surface area contributed by atoms with Crippen LogP contribution in [0.1, 0.15) is 0 Å². The molecular formula is C71H46O. The lowest BCUT2D eigenvalue weighted by Gasteiger charge is -2.22. The summed E-state index contributed by atoms with van der Waals surface area (Å²) in [7, 11) is 1.73. The van der Waals surface area contributed by atoms with Crippen LogP contribution in [0.3, 0.4) is 0 Å². The highest BCUT2D eigenvalue weighted by molar-refractivity contribution is 6.32. The van der Waals surface area contributed by atoms with Crippen molar-refractivity contribution in [3.63, 3.8) is 0 Å². The quantitative estimate of drug-likeness (QED) is 0.138. The van der Waals surface area contributed by atoms with Crippen LogP contribution in [0.4, 0.5) is 0 Å². The first-order chi connectivity index (χ1) is 35.6. The van der Waals surface area contributed by atoms with E-state index >= 15 is 0 Å². The minimum atomic E-state index is 0.841. The highest BCUT2D eigenvalue weighted by Gasteiger charge is 2.22. The number of hydrogen-bond acceptors (Lipinski definition) is 1. The molecule has 0 bridgehead atoms. The van der Waals surface area contributed by atoms with Crippen LogP contribution in [0, 0.1) is 0 Å². The summed E-state index contributed by atoms with van der Waals surface area (Å²) in [5.41, 5.74) is 16.8. The molecule has 14 rings (SSSR count). The molecule has 0 spiro atoms. The van der Waals surface area contributed by atoms with E-state index in [2.05, 4.69) is 261 Å². The summed E-state index contributed by atoms with van der Waals surface area (Å²) in [6.45, 7) is 0. The zero-order chi connectivity index (χ0) is 47.7. The lowest BCUT2D eigenvalue weighted by molar-refractivity contribution is 0.415. The first kappa shape index (κ1) is 41.7. The second-order valence-electron chi connectivity index (χ2n) is 19.2. The third-order valence-electron chi connectivity index (χ3n) is 15.1. The summed E-state index contributed by atoms with van der Waals surface area (Å²) < 4.78 is 5.66. The van der Waals surface area contributed by atoms with E-state index in [-0.39, 0.29) is 0 Å². The molecule has 0 aliphatic carbocycles. The average Bonchev–Trinajstić information content (AvgIpc) is 3.46. The van der Waals surface area contributed by atoms with Gasteiger partial charge in [-0.15, -0.1) is 0 Å². The van der Waals surface area contributed by atoms with Crippen LogP contribution in [-0.4, -0.2) is 7.11 Å². The van der Waals surface area contributed by atoms with Crippen LogP contribution in [0.5, 0.6) is 5.75 Å². The van der Waals surface area contributed by atoms with Gasteiger partial charge in [0.05, 0.1) is 7.11 Å². The monoisotopic (exact) mass is 914 g/mol. The van der Waals surface area contributed by atoms with Gasteiger partial charge in [0.2, 0.25) is 0 Å². The van der Waals surface area contributed by atoms with Crippen molar-refractivity contribution < 1.29 is 4.74 Å². The molecule has 14 aromatic carbocycles. The molecule has 0 saturated heterocycles. The van der Waals surface area contributed by atoms with Crippen LogP contribution < -0.4 is 4.74 Å². The standard InChI is InChI=1S/C71H46O/c1-72-61-34-32-54(33-35-61)69-44-68(53-27-18-50(19-28-53)60-31-22-47-10-4-7-13-57(47)42-60)64-37-36-62-66(51-23-14-48(15-24-51)58-29-20-45-8-2-5-11-55(45)40-58)43-67(63-38-39-65(69)71(64)70(62)63)52-25-16-49(17-26-52)59-30-21-46-9-3-6-12-56(46)41-59/h2-44H,1H3. The normalized spacial score (nSPS) is 11.7. The van der Waals surface area contributed by atoms with Crippen molar-refractivity contribution in [1.82, 2.24) is 0 Å². The summed E-state index contributed by atoms with van der Waals surface area (Å²) >= 11 is 0. The molecule has 0 fully saturated rings. The zero-order valence-electron chi connectivity index (χ0n) is 39.7. The highest BCUT2D eigenvalue weighted by atomic mass is 16.5. The Morgan fingerprint density at radius 2 is 0.458 bits per heavy atom.